The maximum atomic E-state index is 13.8. The SMILES string of the molecule is CCC(CC)OOC(=O)CCCCCCCC(CCCCCCC(OC(CC)CC)(OC(CC)CC)C(=O)OOC(CC)CC)NC1CC2(COC2)C1. The van der Waals surface area contributed by atoms with Crippen molar-refractivity contribution in [3.8, 4) is 0 Å². The van der Waals surface area contributed by atoms with Crippen LogP contribution in [0.25, 0.3) is 0 Å². The smallest absolute Gasteiger partial charge is 0.380 e. The molecule has 0 amide bonds. The van der Waals surface area contributed by atoms with Crippen molar-refractivity contribution in [2.24, 2.45) is 5.41 Å². The van der Waals surface area contributed by atoms with Crippen LogP contribution < -0.4 is 5.32 Å². The normalized spacial score (nSPS) is 16.5. The molecule has 0 radical (unpaired) electrons. The van der Waals surface area contributed by atoms with Gasteiger partial charge in [0, 0.05) is 30.3 Å². The van der Waals surface area contributed by atoms with Gasteiger partial charge in [-0.05, 0) is 89.9 Å². The van der Waals surface area contributed by atoms with Crippen molar-refractivity contribution in [1.29, 1.82) is 0 Å². The van der Waals surface area contributed by atoms with Gasteiger partial charge >= 0.3 is 11.9 Å². The van der Waals surface area contributed by atoms with Gasteiger partial charge in [0.1, 0.15) is 12.2 Å². The lowest BCUT2D eigenvalue weighted by Gasteiger charge is -2.54. The van der Waals surface area contributed by atoms with Crippen LogP contribution in [-0.2, 0) is 43.3 Å². The van der Waals surface area contributed by atoms with E-state index in [1.165, 1.54) is 32.1 Å². The Morgan fingerprint density at radius 2 is 1.08 bits per heavy atom. The molecule has 1 saturated carbocycles. The van der Waals surface area contributed by atoms with Crippen molar-refractivity contribution >= 4 is 11.9 Å². The highest BCUT2D eigenvalue weighted by molar-refractivity contribution is 5.77. The first-order valence-electron chi connectivity index (χ1n) is 22.1. The van der Waals surface area contributed by atoms with E-state index in [0.29, 0.717) is 30.3 Å². The molecular weight excluding hydrogens is 674 g/mol. The standard InChI is InChI=1S/C43H81NO9/c1-9-36(10-2)48-43(49-37(11-3)12-4,41(46)53-51-39(15-7)16-8)29-25-21-20-23-27-34(44-35-30-42(31-35)32-47-33-42)26-22-18-17-19-24-28-40(45)52-50-38(13-5)14-6/h34-39,44H,9-33H2,1-8H3. The van der Waals surface area contributed by atoms with E-state index < -0.39 is 11.8 Å². The molecule has 1 N–H and O–H groups in total. The summed E-state index contributed by atoms with van der Waals surface area (Å²) in [5.41, 5.74) is 0.447. The van der Waals surface area contributed by atoms with Crippen LogP contribution in [0.3, 0.4) is 0 Å². The Labute approximate surface area is 324 Å². The van der Waals surface area contributed by atoms with Crippen molar-refractivity contribution in [2.45, 2.75) is 245 Å². The Balaban J connectivity index is 1.87. The Bertz CT molecular complexity index is 922. The van der Waals surface area contributed by atoms with Gasteiger partial charge in [-0.1, -0.05) is 100 Å². The number of hydrogen-bond acceptors (Lipinski definition) is 10. The number of carbonyl (C=O) groups is 2. The van der Waals surface area contributed by atoms with Crippen molar-refractivity contribution in [3.05, 3.63) is 0 Å². The molecule has 2 rings (SSSR count). The van der Waals surface area contributed by atoms with Gasteiger partial charge in [0.2, 0.25) is 0 Å². The number of rotatable bonds is 34. The second-order valence-corrected chi connectivity index (χ2v) is 16.0. The first-order valence-corrected chi connectivity index (χ1v) is 22.1. The molecule has 1 spiro atoms. The minimum atomic E-state index is -1.48. The summed E-state index contributed by atoms with van der Waals surface area (Å²) in [7, 11) is 0. The van der Waals surface area contributed by atoms with Crippen molar-refractivity contribution in [2.75, 3.05) is 13.2 Å². The summed E-state index contributed by atoms with van der Waals surface area (Å²) in [4.78, 5) is 47.1. The summed E-state index contributed by atoms with van der Waals surface area (Å²) < 4.78 is 18.6. The minimum Gasteiger partial charge on any atom is -0.380 e. The van der Waals surface area contributed by atoms with E-state index in [9.17, 15) is 9.59 Å². The second kappa shape index (κ2) is 27.3. The quantitative estimate of drug-likeness (QED) is 0.0295. The van der Waals surface area contributed by atoms with Crippen molar-refractivity contribution in [3.63, 3.8) is 0 Å². The van der Waals surface area contributed by atoms with Crippen LogP contribution in [0.5, 0.6) is 0 Å². The predicted molar refractivity (Wildman–Crippen MR) is 210 cm³/mol. The monoisotopic (exact) mass is 756 g/mol. The minimum absolute atomic E-state index is 0.0135. The van der Waals surface area contributed by atoms with Crippen LogP contribution in [0.4, 0.5) is 0 Å². The van der Waals surface area contributed by atoms with Crippen LogP contribution in [0.1, 0.15) is 203 Å². The molecule has 1 aliphatic carbocycles. The van der Waals surface area contributed by atoms with Gasteiger partial charge in [-0.25, -0.2) is 9.59 Å². The maximum absolute atomic E-state index is 13.8. The summed E-state index contributed by atoms with van der Waals surface area (Å²) in [6.07, 6.45) is 21.0. The summed E-state index contributed by atoms with van der Waals surface area (Å²) in [6.45, 7) is 18.3. The van der Waals surface area contributed by atoms with Gasteiger partial charge in [0.25, 0.3) is 5.79 Å². The third kappa shape index (κ3) is 17.6. The van der Waals surface area contributed by atoms with Gasteiger partial charge < -0.3 is 19.5 Å². The number of unbranched alkanes of at least 4 members (excludes halogenated alkanes) is 7. The van der Waals surface area contributed by atoms with Crippen LogP contribution in [0.2, 0.25) is 0 Å². The number of nitrogens with one attached hydrogen (secondary N) is 1. The van der Waals surface area contributed by atoms with Gasteiger partial charge in [0.05, 0.1) is 25.4 Å². The van der Waals surface area contributed by atoms with Crippen LogP contribution in [0, 0.1) is 5.41 Å². The molecule has 312 valence electrons. The molecule has 2 fully saturated rings. The summed E-state index contributed by atoms with van der Waals surface area (Å²) >= 11 is 0. The summed E-state index contributed by atoms with van der Waals surface area (Å²) in [5, 5.41) is 4.01. The fraction of sp³-hybridized carbons (Fsp3) is 0.953. The molecular formula is C43H81NO9. The molecule has 1 heterocycles. The Hall–Kier alpha value is -1.30. The lowest BCUT2D eigenvalue weighted by molar-refractivity contribution is -0.345. The molecule has 1 saturated heterocycles. The molecule has 10 heteroatoms. The van der Waals surface area contributed by atoms with Crippen molar-refractivity contribution < 1.29 is 43.3 Å². The molecule has 10 nitrogen and oxygen atoms in total. The molecule has 1 unspecified atom stereocenters. The topological polar surface area (TPSA) is 111 Å². The highest BCUT2D eigenvalue weighted by atomic mass is 17.2. The molecule has 0 bridgehead atoms. The fourth-order valence-electron chi connectivity index (χ4n) is 7.65. The van der Waals surface area contributed by atoms with E-state index >= 15 is 0 Å². The van der Waals surface area contributed by atoms with Crippen molar-refractivity contribution in [1.82, 2.24) is 5.32 Å². The van der Waals surface area contributed by atoms with Gasteiger partial charge in [-0.2, -0.15) is 9.78 Å². The molecule has 53 heavy (non-hydrogen) atoms. The highest BCUT2D eigenvalue weighted by Crippen LogP contribution is 2.47. The fourth-order valence-corrected chi connectivity index (χ4v) is 7.65. The highest BCUT2D eigenvalue weighted by Gasteiger charge is 2.50. The molecule has 0 aromatic heterocycles. The Morgan fingerprint density at radius 3 is 1.55 bits per heavy atom. The predicted octanol–water partition coefficient (Wildman–Crippen LogP) is 10.6. The number of hydrogen-bond donors (Lipinski definition) is 1. The van der Waals surface area contributed by atoms with E-state index in [1.807, 2.05) is 27.7 Å². The van der Waals surface area contributed by atoms with Crippen LogP contribution in [-0.4, -0.2) is 67.4 Å². The summed E-state index contributed by atoms with van der Waals surface area (Å²) in [5.74, 6) is -2.30. The zero-order chi connectivity index (χ0) is 39.0. The van der Waals surface area contributed by atoms with E-state index in [-0.39, 0.29) is 30.4 Å². The largest absolute Gasteiger partial charge is 0.401 e. The Kier molecular flexibility index (Phi) is 24.7. The zero-order valence-electron chi connectivity index (χ0n) is 35.3. The average molecular weight is 756 g/mol. The van der Waals surface area contributed by atoms with E-state index in [2.05, 4.69) is 33.0 Å². The zero-order valence-corrected chi connectivity index (χ0v) is 35.3. The molecule has 2 aliphatic rings. The van der Waals surface area contributed by atoms with E-state index in [4.69, 9.17) is 33.8 Å². The lowest BCUT2D eigenvalue weighted by Crippen LogP contribution is -2.60. The number of ether oxygens (including phenoxy) is 3. The lowest BCUT2D eigenvalue weighted by atomic mass is 9.64. The second-order valence-electron chi connectivity index (χ2n) is 16.0. The maximum Gasteiger partial charge on any atom is 0.401 e. The third-order valence-electron chi connectivity index (χ3n) is 11.6. The average Bonchev–Trinajstić information content (AvgIpc) is 3.14. The first kappa shape index (κ1) is 47.9. The van der Waals surface area contributed by atoms with E-state index in [0.717, 1.165) is 116 Å². The molecule has 1 atom stereocenters. The molecule has 0 aromatic carbocycles. The van der Waals surface area contributed by atoms with Crippen LogP contribution in [0.15, 0.2) is 0 Å². The van der Waals surface area contributed by atoms with Gasteiger partial charge in [-0.15, -0.1) is 0 Å². The molecule has 0 aromatic rings. The third-order valence-corrected chi connectivity index (χ3v) is 11.6. The number of carbonyl (C=O) groups excluding carboxylic acids is 2. The Morgan fingerprint density at radius 1 is 0.623 bits per heavy atom. The first-order chi connectivity index (χ1) is 25.6. The summed E-state index contributed by atoms with van der Waals surface area (Å²) in [6, 6.07) is 1.10. The van der Waals surface area contributed by atoms with Crippen LogP contribution >= 0.6 is 0 Å². The van der Waals surface area contributed by atoms with Gasteiger partial charge in [0.15, 0.2) is 0 Å². The molecule has 1 aliphatic heterocycles. The van der Waals surface area contributed by atoms with Gasteiger partial charge in [-0.3, -0.25) is 9.78 Å². The van der Waals surface area contributed by atoms with E-state index in [1.54, 1.807) is 0 Å².